The van der Waals surface area contributed by atoms with Crippen LogP contribution in [0.5, 0.6) is 5.75 Å². The molecular weight excluding hydrogens is 346 g/mol. The minimum Gasteiger partial charge on any atom is -0.495 e. The summed E-state index contributed by atoms with van der Waals surface area (Å²) in [7, 11) is 1.50. The zero-order valence-electron chi connectivity index (χ0n) is 14.1. The van der Waals surface area contributed by atoms with E-state index in [2.05, 4.69) is 15.8 Å². The third kappa shape index (κ3) is 3.76. The lowest BCUT2D eigenvalue weighted by molar-refractivity contribution is -0.122. The molecule has 2 aromatic rings. The second-order valence-corrected chi connectivity index (χ2v) is 6.46. The molecule has 3 rings (SSSR count). The number of hydrogen-bond donors (Lipinski definition) is 2. The Morgan fingerprint density at radius 3 is 2.48 bits per heavy atom. The monoisotopic (exact) mass is 363 g/mol. The Kier molecular flexibility index (Phi) is 4.67. The molecule has 0 saturated heterocycles. The van der Waals surface area contributed by atoms with Crippen molar-refractivity contribution in [2.24, 2.45) is 11.8 Å². The highest BCUT2D eigenvalue weighted by molar-refractivity contribution is 6.31. The van der Waals surface area contributed by atoms with Crippen LogP contribution in [-0.2, 0) is 9.59 Å². The molecule has 1 aromatic carbocycles. The zero-order chi connectivity index (χ0) is 18.1. The van der Waals surface area contributed by atoms with E-state index < -0.39 is 0 Å². The first kappa shape index (κ1) is 17.3. The molecule has 7 nitrogen and oxygen atoms in total. The van der Waals surface area contributed by atoms with E-state index in [0.29, 0.717) is 34.5 Å². The quantitative estimate of drug-likeness (QED) is 0.851. The number of anilines is 2. The van der Waals surface area contributed by atoms with E-state index in [9.17, 15) is 9.59 Å². The van der Waals surface area contributed by atoms with Gasteiger partial charge in [0.1, 0.15) is 11.5 Å². The topological polar surface area (TPSA) is 93.5 Å². The summed E-state index contributed by atoms with van der Waals surface area (Å²) in [4.78, 5) is 24.6. The summed E-state index contributed by atoms with van der Waals surface area (Å²) in [5.74, 6) is 0.201. The van der Waals surface area contributed by atoms with Gasteiger partial charge >= 0.3 is 0 Å². The van der Waals surface area contributed by atoms with Crippen LogP contribution in [-0.4, -0.2) is 24.1 Å². The number of ether oxygens (including phenoxy) is 1. The summed E-state index contributed by atoms with van der Waals surface area (Å²) >= 11 is 6.06. The summed E-state index contributed by atoms with van der Waals surface area (Å²) in [5, 5.41) is 9.72. The number of rotatable bonds is 5. The van der Waals surface area contributed by atoms with Gasteiger partial charge in [0.25, 0.3) is 0 Å². The van der Waals surface area contributed by atoms with E-state index in [4.69, 9.17) is 20.9 Å². The van der Waals surface area contributed by atoms with E-state index >= 15 is 0 Å². The SMILES string of the molecule is COc1cc(Cl)c(C)cc1NC(=O)C1CC1C(=O)Nc1cc(C)on1. The predicted octanol–water partition coefficient (Wildman–Crippen LogP) is 3.17. The Bertz CT molecular complexity index is 833. The highest BCUT2D eigenvalue weighted by Crippen LogP contribution is 2.41. The van der Waals surface area contributed by atoms with Gasteiger partial charge in [0.2, 0.25) is 11.8 Å². The molecule has 0 radical (unpaired) electrons. The van der Waals surface area contributed by atoms with Gasteiger partial charge in [-0.15, -0.1) is 0 Å². The van der Waals surface area contributed by atoms with Gasteiger partial charge in [0.05, 0.1) is 24.6 Å². The predicted molar refractivity (Wildman–Crippen MR) is 92.8 cm³/mol. The third-order valence-corrected chi connectivity index (χ3v) is 4.49. The van der Waals surface area contributed by atoms with Crippen molar-refractivity contribution in [2.75, 3.05) is 17.7 Å². The van der Waals surface area contributed by atoms with Crippen molar-refractivity contribution in [1.29, 1.82) is 0 Å². The van der Waals surface area contributed by atoms with Crippen LogP contribution in [0, 0.1) is 25.7 Å². The molecule has 132 valence electrons. The Hall–Kier alpha value is -2.54. The minimum atomic E-state index is -0.381. The molecule has 2 N–H and O–H groups in total. The lowest BCUT2D eigenvalue weighted by Gasteiger charge is -2.12. The fourth-order valence-electron chi connectivity index (χ4n) is 2.57. The molecule has 1 saturated carbocycles. The van der Waals surface area contributed by atoms with Crippen molar-refractivity contribution < 1.29 is 18.8 Å². The molecule has 8 heteroatoms. The average Bonchev–Trinajstić information content (AvgIpc) is 3.28. The van der Waals surface area contributed by atoms with Gasteiger partial charge in [-0.25, -0.2) is 0 Å². The highest BCUT2D eigenvalue weighted by Gasteiger charge is 2.48. The van der Waals surface area contributed by atoms with Crippen molar-refractivity contribution in [3.8, 4) is 5.75 Å². The van der Waals surface area contributed by atoms with Crippen LogP contribution in [0.15, 0.2) is 22.7 Å². The number of nitrogens with one attached hydrogen (secondary N) is 2. The van der Waals surface area contributed by atoms with E-state index in [1.165, 1.54) is 7.11 Å². The first-order valence-electron chi connectivity index (χ1n) is 7.78. The number of hydrogen-bond acceptors (Lipinski definition) is 5. The third-order valence-electron chi connectivity index (χ3n) is 4.08. The number of carbonyl (C=O) groups is 2. The molecule has 2 amide bonds. The Morgan fingerprint density at radius 1 is 1.20 bits per heavy atom. The largest absolute Gasteiger partial charge is 0.495 e. The molecule has 25 heavy (non-hydrogen) atoms. The number of aryl methyl sites for hydroxylation is 2. The van der Waals surface area contributed by atoms with E-state index in [1.54, 1.807) is 25.1 Å². The number of amides is 2. The molecule has 1 aliphatic carbocycles. The first-order chi connectivity index (χ1) is 11.9. The number of methoxy groups -OCH3 is 1. The van der Waals surface area contributed by atoms with E-state index in [0.717, 1.165) is 5.56 Å². The molecule has 1 heterocycles. The maximum atomic E-state index is 12.4. The normalized spacial score (nSPS) is 18.6. The number of carbonyl (C=O) groups excluding carboxylic acids is 2. The van der Waals surface area contributed by atoms with Crippen LogP contribution < -0.4 is 15.4 Å². The van der Waals surface area contributed by atoms with Crippen molar-refractivity contribution >= 4 is 34.9 Å². The summed E-state index contributed by atoms with van der Waals surface area (Å²) in [5.41, 5.74) is 1.36. The van der Waals surface area contributed by atoms with Gasteiger partial charge in [0, 0.05) is 17.2 Å². The van der Waals surface area contributed by atoms with Gasteiger partial charge in [-0.3, -0.25) is 9.59 Å². The van der Waals surface area contributed by atoms with Crippen LogP contribution >= 0.6 is 11.6 Å². The Balaban J connectivity index is 1.62. The Morgan fingerprint density at radius 2 is 1.88 bits per heavy atom. The maximum Gasteiger partial charge on any atom is 0.229 e. The number of halogens is 1. The van der Waals surface area contributed by atoms with Crippen LogP contribution in [0.2, 0.25) is 5.02 Å². The molecule has 0 spiro atoms. The van der Waals surface area contributed by atoms with Crippen LogP contribution in [0.3, 0.4) is 0 Å². The van der Waals surface area contributed by atoms with Gasteiger partial charge < -0.3 is 19.9 Å². The summed E-state index contributed by atoms with van der Waals surface area (Å²) < 4.78 is 10.1. The van der Waals surface area contributed by atoms with Gasteiger partial charge in [0.15, 0.2) is 5.82 Å². The maximum absolute atomic E-state index is 12.4. The fraction of sp³-hybridized carbons (Fsp3) is 0.353. The molecule has 0 bridgehead atoms. The van der Waals surface area contributed by atoms with Gasteiger partial charge in [-0.2, -0.15) is 0 Å². The second-order valence-electron chi connectivity index (χ2n) is 6.05. The van der Waals surface area contributed by atoms with Crippen molar-refractivity contribution in [3.63, 3.8) is 0 Å². The highest BCUT2D eigenvalue weighted by atomic mass is 35.5. The molecule has 1 fully saturated rings. The minimum absolute atomic E-state index is 0.225. The second kappa shape index (κ2) is 6.76. The number of benzene rings is 1. The van der Waals surface area contributed by atoms with E-state index in [-0.39, 0.29) is 23.7 Å². The molecule has 1 aromatic heterocycles. The fourth-order valence-corrected chi connectivity index (χ4v) is 2.73. The van der Waals surface area contributed by atoms with E-state index in [1.807, 2.05) is 6.92 Å². The number of aromatic nitrogens is 1. The van der Waals surface area contributed by atoms with Crippen LogP contribution in [0.25, 0.3) is 0 Å². The zero-order valence-corrected chi connectivity index (χ0v) is 14.8. The molecule has 1 aliphatic rings. The van der Waals surface area contributed by atoms with Crippen molar-refractivity contribution in [1.82, 2.24) is 5.16 Å². The lowest BCUT2D eigenvalue weighted by atomic mass is 10.2. The molecule has 2 unspecified atom stereocenters. The smallest absolute Gasteiger partial charge is 0.229 e. The summed E-state index contributed by atoms with van der Waals surface area (Å²) in [6.07, 6.45) is 0.489. The average molecular weight is 364 g/mol. The van der Waals surface area contributed by atoms with Crippen LogP contribution in [0.4, 0.5) is 11.5 Å². The van der Waals surface area contributed by atoms with Gasteiger partial charge in [-0.05, 0) is 31.9 Å². The summed E-state index contributed by atoms with van der Waals surface area (Å²) in [6, 6.07) is 5.02. The van der Waals surface area contributed by atoms with Crippen molar-refractivity contribution in [2.45, 2.75) is 20.3 Å². The summed E-state index contributed by atoms with van der Waals surface area (Å²) in [6.45, 7) is 3.57. The van der Waals surface area contributed by atoms with Gasteiger partial charge in [-0.1, -0.05) is 16.8 Å². The Labute approximate surface area is 149 Å². The standard InChI is InChI=1S/C17H18ClN3O4/c1-8-4-13(14(24-3)7-12(8)18)19-16(22)10-6-11(10)17(23)20-15-5-9(2)25-21-15/h4-5,7,10-11H,6H2,1-3H3,(H,19,22)(H,20,21,23). The van der Waals surface area contributed by atoms with Crippen molar-refractivity contribution in [3.05, 3.63) is 34.5 Å². The lowest BCUT2D eigenvalue weighted by Crippen LogP contribution is -2.21. The molecule has 0 aliphatic heterocycles. The molecular formula is C17H18ClN3O4. The first-order valence-corrected chi connectivity index (χ1v) is 8.16. The number of nitrogens with zero attached hydrogens (tertiary/aromatic N) is 1. The van der Waals surface area contributed by atoms with Crippen LogP contribution in [0.1, 0.15) is 17.7 Å². The molecule has 2 atom stereocenters.